The van der Waals surface area contributed by atoms with Crippen LogP contribution in [-0.4, -0.2) is 53.9 Å². The number of fused-ring (bicyclic) bond motifs is 1. The summed E-state index contributed by atoms with van der Waals surface area (Å²) in [5, 5.41) is 0. The predicted molar refractivity (Wildman–Crippen MR) is 106 cm³/mol. The Hall–Kier alpha value is -2.65. The first-order chi connectivity index (χ1) is 13.4. The number of hydrogen-bond acceptors (Lipinski definition) is 4. The summed E-state index contributed by atoms with van der Waals surface area (Å²) in [6, 6.07) is 9.31. The van der Waals surface area contributed by atoms with Gasteiger partial charge in [-0.3, -0.25) is 4.79 Å². The normalized spacial score (nSPS) is 17.9. The van der Waals surface area contributed by atoms with Gasteiger partial charge in [-0.1, -0.05) is 12.1 Å². The summed E-state index contributed by atoms with van der Waals surface area (Å²) >= 11 is 0. The van der Waals surface area contributed by atoms with Crippen molar-refractivity contribution in [2.75, 3.05) is 20.1 Å². The third-order valence-electron chi connectivity index (χ3n) is 5.28. The van der Waals surface area contributed by atoms with Crippen molar-refractivity contribution in [3.63, 3.8) is 0 Å². The van der Waals surface area contributed by atoms with Crippen LogP contribution < -0.4 is 4.72 Å². The lowest BCUT2D eigenvalue weighted by Gasteiger charge is -2.31. The number of nitrogens with one attached hydrogen (secondary N) is 2. The van der Waals surface area contributed by atoms with Crippen molar-refractivity contribution in [3.05, 3.63) is 48.0 Å². The standard InChI is InChI=1S/C19H23N5O3S/c1-20-28(26,27)14-10-17(23(2)12-14)19(25)24-9-5-6-13(11-24)18-21-15-7-3-4-8-16(15)22-18/h3-4,7-8,10,12-13,20H,5-6,9,11H2,1-2H3,(H,21,22)/t13-/m1/s1. The summed E-state index contributed by atoms with van der Waals surface area (Å²) in [5.74, 6) is 0.857. The fraction of sp³-hybridized carbons (Fsp3) is 0.368. The maximum Gasteiger partial charge on any atom is 0.270 e. The van der Waals surface area contributed by atoms with E-state index in [1.807, 2.05) is 24.3 Å². The summed E-state index contributed by atoms with van der Waals surface area (Å²) in [4.78, 5) is 23.0. The highest BCUT2D eigenvalue weighted by Gasteiger charge is 2.29. The molecular weight excluding hydrogens is 378 g/mol. The Kier molecular flexibility index (Phi) is 4.72. The zero-order valence-electron chi connectivity index (χ0n) is 15.8. The molecule has 4 rings (SSSR count). The third kappa shape index (κ3) is 3.31. The second kappa shape index (κ2) is 7.06. The summed E-state index contributed by atoms with van der Waals surface area (Å²) in [7, 11) is -0.553. The summed E-state index contributed by atoms with van der Waals surface area (Å²) in [5.41, 5.74) is 2.27. The van der Waals surface area contributed by atoms with Crippen molar-refractivity contribution in [2.24, 2.45) is 7.05 Å². The topological polar surface area (TPSA) is 100 Å². The number of H-pyrrole nitrogens is 1. The molecule has 0 saturated carbocycles. The molecule has 1 aliphatic heterocycles. The maximum atomic E-state index is 13.1. The van der Waals surface area contributed by atoms with Gasteiger partial charge >= 0.3 is 0 Å². The Balaban J connectivity index is 1.57. The molecule has 2 N–H and O–H groups in total. The molecule has 0 bridgehead atoms. The predicted octanol–water partition coefficient (Wildman–Crippen LogP) is 1.83. The highest BCUT2D eigenvalue weighted by Crippen LogP contribution is 2.28. The number of amides is 1. The first kappa shape index (κ1) is 18.7. The highest BCUT2D eigenvalue weighted by molar-refractivity contribution is 7.89. The van der Waals surface area contributed by atoms with Crippen LogP contribution in [0.3, 0.4) is 0 Å². The fourth-order valence-electron chi connectivity index (χ4n) is 3.72. The van der Waals surface area contributed by atoms with Gasteiger partial charge in [-0.05, 0) is 38.1 Å². The van der Waals surface area contributed by atoms with Crippen LogP contribution in [0.1, 0.15) is 35.1 Å². The van der Waals surface area contributed by atoms with E-state index in [4.69, 9.17) is 0 Å². The number of hydrogen-bond donors (Lipinski definition) is 2. The molecule has 9 heteroatoms. The van der Waals surface area contributed by atoms with E-state index in [2.05, 4.69) is 14.7 Å². The number of piperidine rings is 1. The van der Waals surface area contributed by atoms with Crippen LogP contribution in [0.2, 0.25) is 0 Å². The molecule has 3 aromatic rings. The van der Waals surface area contributed by atoms with E-state index in [0.717, 1.165) is 29.7 Å². The van der Waals surface area contributed by atoms with Gasteiger partial charge in [0.2, 0.25) is 10.0 Å². The van der Waals surface area contributed by atoms with Gasteiger partial charge in [-0.2, -0.15) is 0 Å². The number of imidazole rings is 1. The average molecular weight is 401 g/mol. The third-order valence-corrected chi connectivity index (χ3v) is 6.66. The van der Waals surface area contributed by atoms with Crippen molar-refractivity contribution in [3.8, 4) is 0 Å². The van der Waals surface area contributed by atoms with Gasteiger partial charge in [0.15, 0.2) is 0 Å². The van der Waals surface area contributed by atoms with Crippen molar-refractivity contribution in [1.29, 1.82) is 0 Å². The number of rotatable bonds is 4. The number of para-hydroxylation sites is 2. The molecule has 1 saturated heterocycles. The summed E-state index contributed by atoms with van der Waals surface area (Å²) in [6.07, 6.45) is 3.29. The number of likely N-dealkylation sites (tertiary alicyclic amines) is 1. The van der Waals surface area contributed by atoms with Gasteiger partial charge in [0.05, 0.1) is 11.0 Å². The lowest BCUT2D eigenvalue weighted by atomic mass is 9.97. The molecule has 8 nitrogen and oxygen atoms in total. The van der Waals surface area contributed by atoms with Crippen molar-refractivity contribution >= 4 is 27.0 Å². The van der Waals surface area contributed by atoms with Gasteiger partial charge in [-0.25, -0.2) is 18.1 Å². The minimum atomic E-state index is -3.59. The second-order valence-electron chi connectivity index (χ2n) is 7.11. The van der Waals surface area contributed by atoms with Crippen molar-refractivity contribution < 1.29 is 13.2 Å². The molecule has 148 valence electrons. The number of carbonyl (C=O) groups excluding carboxylic acids is 1. The number of benzene rings is 1. The summed E-state index contributed by atoms with van der Waals surface area (Å²) in [6.45, 7) is 1.20. The Morgan fingerprint density at radius 2 is 2.11 bits per heavy atom. The Labute approximate surface area is 163 Å². The van der Waals surface area contributed by atoms with E-state index in [1.54, 1.807) is 16.5 Å². The van der Waals surface area contributed by atoms with Gasteiger partial charge < -0.3 is 14.5 Å². The molecule has 28 heavy (non-hydrogen) atoms. The number of nitrogens with zero attached hydrogens (tertiary/aromatic N) is 3. The zero-order chi connectivity index (χ0) is 19.9. The Bertz CT molecular complexity index is 1100. The minimum Gasteiger partial charge on any atom is -0.345 e. The van der Waals surface area contributed by atoms with E-state index < -0.39 is 10.0 Å². The van der Waals surface area contributed by atoms with Gasteiger partial charge in [0, 0.05) is 32.3 Å². The van der Waals surface area contributed by atoms with E-state index in [1.165, 1.54) is 19.3 Å². The molecule has 1 aliphatic rings. The van der Waals surface area contributed by atoms with Crippen LogP contribution in [0, 0.1) is 0 Å². The molecule has 1 fully saturated rings. The van der Waals surface area contributed by atoms with Crippen LogP contribution in [0.5, 0.6) is 0 Å². The molecule has 3 heterocycles. The number of aromatic nitrogens is 3. The average Bonchev–Trinajstić information content (AvgIpc) is 3.31. The Morgan fingerprint density at radius 3 is 2.86 bits per heavy atom. The molecule has 0 spiro atoms. The van der Waals surface area contributed by atoms with Crippen LogP contribution in [0.4, 0.5) is 0 Å². The molecule has 0 radical (unpaired) electrons. The largest absolute Gasteiger partial charge is 0.345 e. The number of carbonyl (C=O) groups is 1. The molecule has 2 aromatic heterocycles. The minimum absolute atomic E-state index is 0.0895. The molecule has 0 unspecified atom stereocenters. The highest BCUT2D eigenvalue weighted by atomic mass is 32.2. The van der Waals surface area contributed by atoms with Gasteiger partial charge in [-0.15, -0.1) is 0 Å². The first-order valence-electron chi connectivity index (χ1n) is 9.23. The monoisotopic (exact) mass is 401 g/mol. The lowest BCUT2D eigenvalue weighted by molar-refractivity contribution is 0.0695. The van der Waals surface area contributed by atoms with E-state index in [0.29, 0.717) is 18.8 Å². The van der Waals surface area contributed by atoms with Crippen LogP contribution >= 0.6 is 0 Å². The van der Waals surface area contributed by atoms with Crippen molar-refractivity contribution in [1.82, 2.24) is 24.2 Å². The smallest absolute Gasteiger partial charge is 0.270 e. The molecular formula is C19H23N5O3S. The molecule has 1 atom stereocenters. The van der Waals surface area contributed by atoms with Gasteiger partial charge in [0.1, 0.15) is 16.4 Å². The second-order valence-corrected chi connectivity index (χ2v) is 9.00. The molecule has 0 aliphatic carbocycles. The number of sulfonamides is 1. The van der Waals surface area contributed by atoms with Crippen LogP contribution in [0.25, 0.3) is 11.0 Å². The van der Waals surface area contributed by atoms with E-state index >= 15 is 0 Å². The van der Waals surface area contributed by atoms with Crippen molar-refractivity contribution in [2.45, 2.75) is 23.7 Å². The first-order valence-corrected chi connectivity index (χ1v) is 10.7. The van der Waals surface area contributed by atoms with E-state index in [-0.39, 0.29) is 16.7 Å². The van der Waals surface area contributed by atoms with Crippen LogP contribution in [0.15, 0.2) is 41.4 Å². The molecule has 1 amide bonds. The van der Waals surface area contributed by atoms with Gasteiger partial charge in [0.25, 0.3) is 5.91 Å². The maximum absolute atomic E-state index is 13.1. The molecule has 1 aromatic carbocycles. The zero-order valence-corrected chi connectivity index (χ0v) is 16.7. The Morgan fingerprint density at radius 1 is 1.32 bits per heavy atom. The van der Waals surface area contributed by atoms with Crippen LogP contribution in [-0.2, 0) is 17.1 Å². The number of aromatic amines is 1. The lowest BCUT2D eigenvalue weighted by Crippen LogP contribution is -2.40. The SMILES string of the molecule is CNS(=O)(=O)c1cc(C(=O)N2CCC[C@@H](c3nc4ccccc4[nH]3)C2)n(C)c1. The summed E-state index contributed by atoms with van der Waals surface area (Å²) < 4.78 is 27.9. The van der Waals surface area contributed by atoms with E-state index in [9.17, 15) is 13.2 Å². The quantitative estimate of drug-likeness (QED) is 0.697. The number of aryl methyl sites for hydroxylation is 1. The fourth-order valence-corrected chi connectivity index (χ4v) is 4.52.